The minimum Gasteiger partial charge on any atom is -0.180 e. The molecule has 0 N–H and O–H groups in total. The Balaban J connectivity index is 2.38. The number of nitrogens with zero attached hydrogens (tertiary/aromatic N) is 2. The molecule has 0 saturated carbocycles. The van der Waals surface area contributed by atoms with Crippen molar-refractivity contribution in [1.29, 1.82) is 0 Å². The number of hydrogen-bond acceptors (Lipinski definition) is 2. The molecule has 0 bridgehead atoms. The topological polar surface area (TPSA) is 24.7 Å². The van der Waals surface area contributed by atoms with Gasteiger partial charge in [-0.15, -0.1) is 0 Å². The average Bonchev–Trinajstić information content (AvgIpc) is 2.59. The molecule has 1 atom stereocenters. The Labute approximate surface area is 91.4 Å². The third-order valence-electron chi connectivity index (χ3n) is 2.96. The molecule has 0 aromatic heterocycles. The first-order valence-electron chi connectivity index (χ1n) is 5.64. The fraction of sp³-hybridized carbons (Fsp3) is 0.538. The molecule has 2 rings (SSSR count). The molecule has 0 saturated heterocycles. The molecule has 1 aromatic carbocycles. The van der Waals surface area contributed by atoms with Gasteiger partial charge in [0.1, 0.15) is 6.04 Å². The van der Waals surface area contributed by atoms with Gasteiger partial charge in [-0.25, -0.2) is 0 Å². The fourth-order valence-corrected chi connectivity index (χ4v) is 1.94. The summed E-state index contributed by atoms with van der Waals surface area (Å²) in [5.74, 6) is 1.09. The van der Waals surface area contributed by atoms with Crippen molar-refractivity contribution in [3.63, 3.8) is 0 Å². The largest absolute Gasteiger partial charge is 0.180 e. The Hall–Kier alpha value is -1.18. The van der Waals surface area contributed by atoms with Crippen LogP contribution in [0.3, 0.4) is 0 Å². The summed E-state index contributed by atoms with van der Waals surface area (Å²) < 4.78 is 0. The quantitative estimate of drug-likeness (QED) is 0.669. The maximum Gasteiger partial charge on any atom is 0.101 e. The van der Waals surface area contributed by atoms with Gasteiger partial charge >= 0.3 is 0 Å². The van der Waals surface area contributed by atoms with Gasteiger partial charge in [-0.2, -0.15) is 10.2 Å². The maximum atomic E-state index is 4.33. The van der Waals surface area contributed by atoms with Gasteiger partial charge in [0, 0.05) is 5.56 Å². The smallest absolute Gasteiger partial charge is 0.101 e. The van der Waals surface area contributed by atoms with E-state index in [1.807, 2.05) is 0 Å². The number of hydrogen-bond donors (Lipinski definition) is 0. The molecule has 0 spiro atoms. The van der Waals surface area contributed by atoms with Crippen molar-refractivity contribution in [3.8, 4) is 0 Å². The summed E-state index contributed by atoms with van der Waals surface area (Å²) in [6.07, 6.45) is 0. The van der Waals surface area contributed by atoms with Gasteiger partial charge in [-0.3, -0.25) is 0 Å². The van der Waals surface area contributed by atoms with Gasteiger partial charge < -0.3 is 0 Å². The zero-order valence-electron chi connectivity index (χ0n) is 9.86. The van der Waals surface area contributed by atoms with Crippen LogP contribution in [0.4, 0.5) is 5.69 Å². The second-order valence-corrected chi connectivity index (χ2v) is 4.88. The van der Waals surface area contributed by atoms with E-state index in [4.69, 9.17) is 0 Å². The second-order valence-electron chi connectivity index (χ2n) is 4.88. The predicted molar refractivity (Wildman–Crippen MR) is 62.6 cm³/mol. The van der Waals surface area contributed by atoms with E-state index in [2.05, 4.69) is 56.1 Å². The van der Waals surface area contributed by atoms with Crippen LogP contribution >= 0.6 is 0 Å². The normalized spacial score (nSPS) is 18.9. The lowest BCUT2D eigenvalue weighted by molar-refractivity contribution is 0.515. The highest BCUT2D eigenvalue weighted by atomic mass is 15.2. The first-order valence-corrected chi connectivity index (χ1v) is 5.64. The lowest BCUT2D eigenvalue weighted by Gasteiger charge is -2.12. The number of benzene rings is 1. The number of fused-ring (bicyclic) bond motifs is 1. The minimum absolute atomic E-state index is 0.265. The Kier molecular flexibility index (Phi) is 2.59. The third kappa shape index (κ3) is 1.81. The third-order valence-corrected chi connectivity index (χ3v) is 2.96. The SMILES string of the molecule is CC(C)c1ccc2c(c1)N=NC2C(C)C. The van der Waals surface area contributed by atoms with Crippen molar-refractivity contribution in [2.45, 2.75) is 39.7 Å². The van der Waals surface area contributed by atoms with Crippen LogP contribution in [0.2, 0.25) is 0 Å². The number of rotatable bonds is 2. The van der Waals surface area contributed by atoms with E-state index in [1.54, 1.807) is 0 Å². The highest BCUT2D eigenvalue weighted by Crippen LogP contribution is 2.40. The molecule has 0 amide bonds. The molecule has 80 valence electrons. The summed E-state index contributed by atoms with van der Waals surface area (Å²) in [6.45, 7) is 8.78. The minimum atomic E-state index is 0.265. The molecule has 0 fully saturated rings. The fourth-order valence-electron chi connectivity index (χ4n) is 1.94. The molecule has 0 radical (unpaired) electrons. The average molecular weight is 202 g/mol. The monoisotopic (exact) mass is 202 g/mol. The van der Waals surface area contributed by atoms with Crippen molar-refractivity contribution >= 4 is 5.69 Å². The van der Waals surface area contributed by atoms with Crippen LogP contribution in [0, 0.1) is 5.92 Å². The van der Waals surface area contributed by atoms with Gasteiger partial charge in [0.2, 0.25) is 0 Å². The van der Waals surface area contributed by atoms with E-state index in [-0.39, 0.29) is 6.04 Å². The van der Waals surface area contributed by atoms with Crippen molar-refractivity contribution < 1.29 is 0 Å². The van der Waals surface area contributed by atoms with Crippen molar-refractivity contribution in [2.75, 3.05) is 0 Å². The zero-order chi connectivity index (χ0) is 11.0. The molecule has 0 aliphatic carbocycles. The summed E-state index contributed by atoms with van der Waals surface area (Å²) in [4.78, 5) is 0. The summed E-state index contributed by atoms with van der Waals surface area (Å²) >= 11 is 0. The number of azo groups is 1. The Morgan fingerprint density at radius 1 is 1.13 bits per heavy atom. The Bertz CT molecular complexity index is 392. The highest BCUT2D eigenvalue weighted by Gasteiger charge is 2.23. The van der Waals surface area contributed by atoms with Crippen LogP contribution < -0.4 is 0 Å². The molecular weight excluding hydrogens is 184 g/mol. The molecular formula is C13H18N2. The molecule has 1 unspecified atom stereocenters. The van der Waals surface area contributed by atoms with Gasteiger partial charge in [-0.05, 0) is 23.5 Å². The molecule has 15 heavy (non-hydrogen) atoms. The van der Waals surface area contributed by atoms with Crippen LogP contribution in [0.5, 0.6) is 0 Å². The molecule has 2 nitrogen and oxygen atoms in total. The van der Waals surface area contributed by atoms with Crippen LogP contribution in [0.1, 0.15) is 50.8 Å². The van der Waals surface area contributed by atoms with E-state index >= 15 is 0 Å². The van der Waals surface area contributed by atoms with Crippen LogP contribution in [-0.2, 0) is 0 Å². The van der Waals surface area contributed by atoms with E-state index in [0.29, 0.717) is 11.8 Å². The van der Waals surface area contributed by atoms with Crippen molar-refractivity contribution in [3.05, 3.63) is 29.3 Å². The molecule has 1 aliphatic rings. The van der Waals surface area contributed by atoms with Crippen LogP contribution in [-0.4, -0.2) is 0 Å². The Morgan fingerprint density at radius 2 is 1.87 bits per heavy atom. The van der Waals surface area contributed by atoms with Gasteiger partial charge in [0.05, 0.1) is 5.69 Å². The lowest BCUT2D eigenvalue weighted by atomic mass is 9.93. The highest BCUT2D eigenvalue weighted by molar-refractivity contribution is 5.52. The van der Waals surface area contributed by atoms with Crippen molar-refractivity contribution in [1.82, 2.24) is 0 Å². The molecule has 2 heteroatoms. The second kappa shape index (κ2) is 3.76. The zero-order valence-corrected chi connectivity index (χ0v) is 9.86. The van der Waals surface area contributed by atoms with Crippen molar-refractivity contribution in [2.24, 2.45) is 16.1 Å². The first-order chi connectivity index (χ1) is 7.09. The van der Waals surface area contributed by atoms with E-state index in [0.717, 1.165) is 5.69 Å². The maximum absolute atomic E-state index is 4.33. The van der Waals surface area contributed by atoms with Crippen LogP contribution in [0.25, 0.3) is 0 Å². The van der Waals surface area contributed by atoms with Gasteiger partial charge in [0.15, 0.2) is 0 Å². The van der Waals surface area contributed by atoms with E-state index in [1.165, 1.54) is 11.1 Å². The summed E-state index contributed by atoms with van der Waals surface area (Å²) in [5, 5.41) is 8.60. The molecule has 1 heterocycles. The Morgan fingerprint density at radius 3 is 2.47 bits per heavy atom. The van der Waals surface area contributed by atoms with Gasteiger partial charge in [-0.1, -0.05) is 39.8 Å². The molecule has 1 aromatic rings. The van der Waals surface area contributed by atoms with Gasteiger partial charge in [0.25, 0.3) is 0 Å². The van der Waals surface area contributed by atoms with E-state index in [9.17, 15) is 0 Å². The van der Waals surface area contributed by atoms with E-state index < -0.39 is 0 Å². The summed E-state index contributed by atoms with van der Waals surface area (Å²) in [6, 6.07) is 6.83. The predicted octanol–water partition coefficient (Wildman–Crippen LogP) is 4.60. The standard InChI is InChI=1S/C13H18N2/c1-8(2)10-5-6-11-12(7-10)14-15-13(11)9(3)4/h5-9,13H,1-4H3. The summed E-state index contributed by atoms with van der Waals surface area (Å²) in [5.41, 5.74) is 3.70. The van der Waals surface area contributed by atoms with Crippen LogP contribution in [0.15, 0.2) is 28.4 Å². The first kappa shape index (κ1) is 10.3. The summed E-state index contributed by atoms with van der Waals surface area (Å²) in [7, 11) is 0. The molecule has 1 aliphatic heterocycles. The lowest BCUT2D eigenvalue weighted by Crippen LogP contribution is -2.00.